The maximum absolute atomic E-state index is 12.3. The Morgan fingerprint density at radius 3 is 2.62 bits per heavy atom. The van der Waals surface area contributed by atoms with Crippen LogP contribution in [0.5, 0.6) is 0 Å². The van der Waals surface area contributed by atoms with E-state index in [0.717, 1.165) is 18.5 Å². The van der Waals surface area contributed by atoms with Gasteiger partial charge in [0.2, 0.25) is 16.0 Å². The lowest BCUT2D eigenvalue weighted by atomic mass is 10.2. The highest BCUT2D eigenvalue weighted by atomic mass is 32.2. The molecular weight excluding hydrogens is 308 g/mol. The summed E-state index contributed by atoms with van der Waals surface area (Å²) in [5.41, 5.74) is 0.936. The Kier molecular flexibility index (Phi) is 5.27. The van der Waals surface area contributed by atoms with E-state index in [2.05, 4.69) is 20.0 Å². The summed E-state index contributed by atoms with van der Waals surface area (Å²) in [4.78, 5) is 8.09. The van der Waals surface area contributed by atoms with Gasteiger partial charge in [-0.25, -0.2) is 23.1 Å². The van der Waals surface area contributed by atoms with Crippen LogP contribution < -0.4 is 10.0 Å². The minimum Gasteiger partial charge on any atom is -0.354 e. The van der Waals surface area contributed by atoms with Gasteiger partial charge >= 0.3 is 0 Å². The third-order valence-corrected chi connectivity index (χ3v) is 5.04. The van der Waals surface area contributed by atoms with E-state index in [4.69, 9.17) is 0 Å². The molecule has 0 radical (unpaired) electrons. The molecule has 2 heterocycles. The van der Waals surface area contributed by atoms with Gasteiger partial charge in [-0.1, -0.05) is 6.92 Å². The number of aromatic nitrogens is 2. The molecular formula is C13H18N4O2S2. The maximum atomic E-state index is 12.3. The van der Waals surface area contributed by atoms with Crippen LogP contribution in [0.25, 0.3) is 0 Å². The second-order valence-electron chi connectivity index (χ2n) is 4.57. The molecule has 0 aliphatic heterocycles. The molecule has 1 unspecified atom stereocenters. The third-order valence-electron chi connectivity index (χ3n) is 2.85. The van der Waals surface area contributed by atoms with Crippen molar-refractivity contribution < 1.29 is 8.42 Å². The summed E-state index contributed by atoms with van der Waals surface area (Å²) in [6.45, 7) is 4.58. The van der Waals surface area contributed by atoms with E-state index in [0.29, 0.717) is 5.95 Å². The van der Waals surface area contributed by atoms with Crippen LogP contribution >= 0.6 is 11.3 Å². The van der Waals surface area contributed by atoms with Gasteiger partial charge in [-0.05, 0) is 35.7 Å². The lowest BCUT2D eigenvalue weighted by Gasteiger charge is -2.13. The van der Waals surface area contributed by atoms with Crippen LogP contribution in [-0.4, -0.2) is 24.9 Å². The molecule has 2 aromatic heterocycles. The fourth-order valence-electron chi connectivity index (χ4n) is 1.67. The average molecular weight is 326 g/mol. The van der Waals surface area contributed by atoms with E-state index in [1.54, 1.807) is 6.92 Å². The van der Waals surface area contributed by atoms with Crippen LogP contribution in [0.1, 0.15) is 31.9 Å². The van der Waals surface area contributed by atoms with Crippen molar-refractivity contribution in [2.75, 3.05) is 11.9 Å². The number of sulfonamides is 1. The molecule has 2 N–H and O–H groups in total. The number of hydrogen-bond acceptors (Lipinski definition) is 6. The Balaban J connectivity index is 2.08. The van der Waals surface area contributed by atoms with Crippen LogP contribution in [0.2, 0.25) is 0 Å². The Labute approximate surface area is 128 Å². The fourth-order valence-corrected chi connectivity index (χ4v) is 3.55. The van der Waals surface area contributed by atoms with Gasteiger partial charge in [0.15, 0.2) is 0 Å². The number of nitrogens with zero attached hydrogens (tertiary/aromatic N) is 2. The summed E-state index contributed by atoms with van der Waals surface area (Å²) in [5, 5.41) is 6.83. The van der Waals surface area contributed by atoms with Crippen molar-refractivity contribution in [1.29, 1.82) is 0 Å². The normalized spacial score (nSPS) is 13.0. The molecule has 0 spiro atoms. The van der Waals surface area contributed by atoms with Crippen LogP contribution in [0.15, 0.2) is 34.1 Å². The summed E-state index contributed by atoms with van der Waals surface area (Å²) in [6.07, 6.45) is 3.57. The van der Waals surface area contributed by atoms with E-state index in [1.807, 2.05) is 23.8 Å². The van der Waals surface area contributed by atoms with Gasteiger partial charge in [-0.3, -0.25) is 0 Å². The van der Waals surface area contributed by atoms with Gasteiger partial charge in [0.1, 0.15) is 4.90 Å². The highest BCUT2D eigenvalue weighted by Gasteiger charge is 2.19. The second kappa shape index (κ2) is 6.97. The Morgan fingerprint density at radius 2 is 2.05 bits per heavy atom. The van der Waals surface area contributed by atoms with Crippen LogP contribution in [0, 0.1) is 0 Å². The minimum absolute atomic E-state index is 0.0617. The number of rotatable bonds is 7. The standard InChI is InChI=1S/C13H18N4O2S2/c1-3-5-14-13-15-7-12(8-16-13)21(18,19)17-10(2)11-4-6-20-9-11/h4,6-10,17H,3,5H2,1-2H3,(H,14,15,16). The first kappa shape index (κ1) is 15.9. The SMILES string of the molecule is CCCNc1ncc(S(=O)(=O)NC(C)c2ccsc2)cn1. The first-order valence-electron chi connectivity index (χ1n) is 6.63. The summed E-state index contributed by atoms with van der Waals surface area (Å²) < 4.78 is 27.1. The molecule has 0 saturated heterocycles. The number of hydrogen-bond donors (Lipinski definition) is 2. The molecule has 2 rings (SSSR count). The zero-order chi connectivity index (χ0) is 15.3. The molecule has 21 heavy (non-hydrogen) atoms. The van der Waals surface area contributed by atoms with Crippen LogP contribution in [0.3, 0.4) is 0 Å². The van der Waals surface area contributed by atoms with Gasteiger partial charge in [-0.15, -0.1) is 0 Å². The predicted molar refractivity (Wildman–Crippen MR) is 83.9 cm³/mol. The Hall–Kier alpha value is -1.51. The van der Waals surface area contributed by atoms with E-state index < -0.39 is 10.0 Å². The monoisotopic (exact) mass is 326 g/mol. The van der Waals surface area contributed by atoms with E-state index in [-0.39, 0.29) is 10.9 Å². The lowest BCUT2D eigenvalue weighted by Crippen LogP contribution is -2.27. The molecule has 1 atom stereocenters. The van der Waals surface area contributed by atoms with Gasteiger partial charge in [0, 0.05) is 12.6 Å². The third kappa shape index (κ3) is 4.23. The highest BCUT2D eigenvalue weighted by Crippen LogP contribution is 2.18. The highest BCUT2D eigenvalue weighted by molar-refractivity contribution is 7.89. The summed E-state index contributed by atoms with van der Waals surface area (Å²) >= 11 is 1.53. The molecule has 0 aliphatic rings. The molecule has 0 bridgehead atoms. The van der Waals surface area contributed by atoms with E-state index in [1.165, 1.54) is 23.7 Å². The van der Waals surface area contributed by atoms with Gasteiger partial charge < -0.3 is 5.32 Å². The Bertz CT molecular complexity index is 654. The van der Waals surface area contributed by atoms with E-state index >= 15 is 0 Å². The molecule has 114 valence electrons. The predicted octanol–water partition coefficient (Wildman–Crippen LogP) is 2.40. The van der Waals surface area contributed by atoms with Crippen LogP contribution in [-0.2, 0) is 10.0 Å². The van der Waals surface area contributed by atoms with Crippen molar-refractivity contribution in [3.63, 3.8) is 0 Å². The largest absolute Gasteiger partial charge is 0.354 e. The molecule has 0 saturated carbocycles. The summed E-state index contributed by atoms with van der Waals surface area (Å²) in [7, 11) is -3.62. The molecule has 0 fully saturated rings. The summed E-state index contributed by atoms with van der Waals surface area (Å²) in [6, 6.07) is 1.60. The van der Waals surface area contributed by atoms with Crippen molar-refractivity contribution in [1.82, 2.24) is 14.7 Å². The topological polar surface area (TPSA) is 84.0 Å². The van der Waals surface area contributed by atoms with E-state index in [9.17, 15) is 8.42 Å². The van der Waals surface area contributed by atoms with Crippen molar-refractivity contribution in [3.8, 4) is 0 Å². The molecule has 0 aliphatic carbocycles. The average Bonchev–Trinajstić information content (AvgIpc) is 2.99. The zero-order valence-electron chi connectivity index (χ0n) is 11.9. The second-order valence-corrected chi connectivity index (χ2v) is 7.06. The van der Waals surface area contributed by atoms with Gasteiger partial charge in [-0.2, -0.15) is 11.3 Å². The van der Waals surface area contributed by atoms with Crippen molar-refractivity contribution >= 4 is 27.3 Å². The van der Waals surface area contributed by atoms with Crippen LogP contribution in [0.4, 0.5) is 5.95 Å². The molecule has 0 amide bonds. The quantitative estimate of drug-likeness (QED) is 0.816. The number of nitrogens with one attached hydrogen (secondary N) is 2. The number of thiophene rings is 1. The van der Waals surface area contributed by atoms with Gasteiger partial charge in [0.25, 0.3) is 0 Å². The zero-order valence-corrected chi connectivity index (χ0v) is 13.5. The first-order valence-corrected chi connectivity index (χ1v) is 9.06. The smallest absolute Gasteiger partial charge is 0.244 e. The maximum Gasteiger partial charge on any atom is 0.244 e. The first-order chi connectivity index (χ1) is 10.0. The fraction of sp³-hybridized carbons (Fsp3) is 0.385. The van der Waals surface area contributed by atoms with Crippen molar-refractivity contribution in [2.24, 2.45) is 0 Å². The number of anilines is 1. The molecule has 0 aromatic carbocycles. The molecule has 6 nitrogen and oxygen atoms in total. The Morgan fingerprint density at radius 1 is 1.33 bits per heavy atom. The summed E-state index contributed by atoms with van der Waals surface area (Å²) in [5.74, 6) is 0.432. The lowest BCUT2D eigenvalue weighted by molar-refractivity contribution is 0.566. The van der Waals surface area contributed by atoms with Gasteiger partial charge in [0.05, 0.1) is 12.4 Å². The minimum atomic E-state index is -3.62. The molecule has 2 aromatic rings. The van der Waals surface area contributed by atoms with Crippen molar-refractivity contribution in [3.05, 3.63) is 34.8 Å². The molecule has 8 heteroatoms. The van der Waals surface area contributed by atoms with Crippen molar-refractivity contribution in [2.45, 2.75) is 31.2 Å².